The van der Waals surface area contributed by atoms with E-state index in [1.165, 1.54) is 12.1 Å². The van der Waals surface area contributed by atoms with Gasteiger partial charge in [-0.25, -0.2) is 0 Å². The summed E-state index contributed by atoms with van der Waals surface area (Å²) in [6.45, 7) is 0. The molecule has 0 heterocycles. The van der Waals surface area contributed by atoms with E-state index >= 15 is 0 Å². The lowest BCUT2D eigenvalue weighted by Gasteiger charge is -2.10. The number of fused-ring (bicyclic) bond motifs is 1. The van der Waals surface area contributed by atoms with E-state index in [9.17, 15) is 15.2 Å². The Balaban J connectivity index is 2.43. The summed E-state index contributed by atoms with van der Waals surface area (Å²) in [6, 6.07) is 15.5. The molecule has 1 N–H and O–H groups in total. The lowest BCUT2D eigenvalue weighted by Crippen LogP contribution is -1.93. The van der Waals surface area contributed by atoms with Crippen LogP contribution in [-0.4, -0.2) is 10.0 Å². The molecule has 0 aliphatic heterocycles. The molecule has 3 aromatic rings. The Morgan fingerprint density at radius 2 is 1.71 bits per heavy atom. The maximum atomic E-state index is 11.3. The first-order chi connectivity index (χ1) is 10.1. The van der Waals surface area contributed by atoms with Gasteiger partial charge in [0.25, 0.3) is 5.69 Å². The zero-order valence-corrected chi connectivity index (χ0v) is 11.5. The molecule has 0 fully saturated rings. The summed E-state index contributed by atoms with van der Waals surface area (Å²) >= 11 is 6.12. The molecule has 0 unspecified atom stereocenters. The van der Waals surface area contributed by atoms with Gasteiger partial charge in [-0.05, 0) is 22.4 Å². The highest BCUT2D eigenvalue weighted by molar-refractivity contribution is 6.35. The van der Waals surface area contributed by atoms with Crippen molar-refractivity contribution in [1.82, 2.24) is 0 Å². The van der Waals surface area contributed by atoms with Gasteiger partial charge in [-0.15, -0.1) is 0 Å². The molecule has 0 aromatic heterocycles. The predicted octanol–water partition coefficient (Wildman–Crippen LogP) is 4.77. The molecule has 0 saturated carbocycles. The van der Waals surface area contributed by atoms with Crippen LogP contribution >= 0.6 is 11.6 Å². The number of phenolic OH excluding ortho intramolecular Hbond substituents is 1. The Morgan fingerprint density at radius 3 is 2.48 bits per heavy atom. The van der Waals surface area contributed by atoms with Crippen molar-refractivity contribution >= 4 is 28.1 Å². The maximum absolute atomic E-state index is 11.3. The quantitative estimate of drug-likeness (QED) is 0.547. The number of aromatic hydroxyl groups is 1. The normalized spacial score (nSPS) is 10.7. The fourth-order valence-corrected chi connectivity index (χ4v) is 2.67. The number of hydrogen-bond acceptors (Lipinski definition) is 3. The SMILES string of the molecule is O=[N+]([O-])c1ccc(O)c(Cl)c1-c1cccc2ccccc12. The Labute approximate surface area is 125 Å². The number of nitro benzene ring substituents is 1. The van der Waals surface area contributed by atoms with Gasteiger partial charge < -0.3 is 5.11 Å². The van der Waals surface area contributed by atoms with E-state index in [0.717, 1.165) is 10.8 Å². The zero-order valence-electron chi connectivity index (χ0n) is 10.8. The topological polar surface area (TPSA) is 63.4 Å². The van der Waals surface area contributed by atoms with Crippen LogP contribution in [0.25, 0.3) is 21.9 Å². The maximum Gasteiger partial charge on any atom is 0.278 e. The summed E-state index contributed by atoms with van der Waals surface area (Å²) in [5, 5.41) is 22.8. The molecule has 0 aliphatic carbocycles. The molecular formula is C16H10ClNO3. The fourth-order valence-electron chi connectivity index (χ4n) is 2.41. The average molecular weight is 300 g/mol. The Hall–Kier alpha value is -2.59. The molecule has 0 spiro atoms. The molecule has 0 amide bonds. The minimum atomic E-state index is -0.498. The van der Waals surface area contributed by atoms with Crippen LogP contribution in [0.3, 0.4) is 0 Å². The molecule has 3 aromatic carbocycles. The summed E-state index contributed by atoms with van der Waals surface area (Å²) in [5.41, 5.74) is 0.730. The van der Waals surface area contributed by atoms with Crippen LogP contribution in [-0.2, 0) is 0 Å². The summed E-state index contributed by atoms with van der Waals surface area (Å²) in [7, 11) is 0. The number of halogens is 1. The van der Waals surface area contributed by atoms with Gasteiger partial charge in [-0.3, -0.25) is 10.1 Å². The van der Waals surface area contributed by atoms with Gasteiger partial charge in [0.1, 0.15) is 5.75 Å². The Bertz CT molecular complexity index is 856. The monoisotopic (exact) mass is 299 g/mol. The number of hydrogen-bond donors (Lipinski definition) is 1. The van der Waals surface area contributed by atoms with E-state index in [2.05, 4.69) is 0 Å². The zero-order chi connectivity index (χ0) is 15.0. The van der Waals surface area contributed by atoms with Crippen molar-refractivity contribution in [2.45, 2.75) is 0 Å². The number of rotatable bonds is 2. The molecule has 0 saturated heterocycles. The first kappa shape index (κ1) is 13.4. The van der Waals surface area contributed by atoms with E-state index in [1.807, 2.05) is 36.4 Å². The van der Waals surface area contributed by atoms with Crippen molar-refractivity contribution in [2.24, 2.45) is 0 Å². The average Bonchev–Trinajstić information content (AvgIpc) is 2.49. The fraction of sp³-hybridized carbons (Fsp3) is 0. The van der Waals surface area contributed by atoms with Crippen molar-refractivity contribution in [1.29, 1.82) is 0 Å². The largest absolute Gasteiger partial charge is 0.506 e. The molecule has 0 bridgehead atoms. The summed E-state index contributed by atoms with van der Waals surface area (Å²) in [4.78, 5) is 10.8. The smallest absolute Gasteiger partial charge is 0.278 e. The van der Waals surface area contributed by atoms with Gasteiger partial charge in [0.15, 0.2) is 0 Å². The third-order valence-electron chi connectivity index (χ3n) is 3.36. The third kappa shape index (κ3) is 2.19. The standard InChI is InChI=1S/C16H10ClNO3/c17-16-14(19)9-8-13(18(20)21)15(16)12-7-3-5-10-4-1-2-6-11(10)12/h1-9,19H. The van der Waals surface area contributed by atoms with Gasteiger partial charge in [-0.1, -0.05) is 54.1 Å². The van der Waals surface area contributed by atoms with Crippen LogP contribution in [0.15, 0.2) is 54.6 Å². The second kappa shape index (κ2) is 5.07. The van der Waals surface area contributed by atoms with Crippen LogP contribution < -0.4 is 0 Å². The van der Waals surface area contributed by atoms with E-state index in [4.69, 9.17) is 11.6 Å². The number of nitro groups is 1. The van der Waals surface area contributed by atoms with Crippen molar-refractivity contribution in [3.63, 3.8) is 0 Å². The molecule has 0 atom stereocenters. The van der Waals surface area contributed by atoms with Gasteiger partial charge in [0.2, 0.25) is 0 Å². The first-order valence-electron chi connectivity index (χ1n) is 6.23. The summed E-state index contributed by atoms with van der Waals surface area (Å²) in [6.07, 6.45) is 0. The van der Waals surface area contributed by atoms with Crippen molar-refractivity contribution in [3.05, 3.63) is 69.7 Å². The molecular weight excluding hydrogens is 290 g/mol. The second-order valence-corrected chi connectivity index (χ2v) is 4.95. The number of benzene rings is 3. The molecule has 5 heteroatoms. The molecule has 4 nitrogen and oxygen atoms in total. The minimum Gasteiger partial charge on any atom is -0.506 e. The Morgan fingerprint density at radius 1 is 1.00 bits per heavy atom. The minimum absolute atomic E-state index is 0.0134. The van der Waals surface area contributed by atoms with Gasteiger partial charge in [0, 0.05) is 6.07 Å². The Kier molecular flexibility index (Phi) is 3.23. The number of nitrogens with zero attached hydrogens (tertiary/aromatic N) is 1. The van der Waals surface area contributed by atoms with Crippen LogP contribution in [0.2, 0.25) is 5.02 Å². The second-order valence-electron chi connectivity index (χ2n) is 4.58. The van der Waals surface area contributed by atoms with Crippen LogP contribution in [0, 0.1) is 10.1 Å². The lowest BCUT2D eigenvalue weighted by molar-refractivity contribution is -0.384. The van der Waals surface area contributed by atoms with Crippen molar-refractivity contribution in [3.8, 4) is 16.9 Å². The van der Waals surface area contributed by atoms with E-state index < -0.39 is 4.92 Å². The highest BCUT2D eigenvalue weighted by Gasteiger charge is 2.22. The van der Waals surface area contributed by atoms with Gasteiger partial charge in [0.05, 0.1) is 15.5 Å². The van der Waals surface area contributed by atoms with E-state index in [-0.39, 0.29) is 22.0 Å². The van der Waals surface area contributed by atoms with Gasteiger partial charge >= 0.3 is 0 Å². The van der Waals surface area contributed by atoms with Gasteiger partial charge in [-0.2, -0.15) is 0 Å². The first-order valence-corrected chi connectivity index (χ1v) is 6.61. The highest BCUT2D eigenvalue weighted by Crippen LogP contribution is 2.43. The number of phenols is 1. The predicted molar refractivity (Wildman–Crippen MR) is 82.7 cm³/mol. The van der Waals surface area contributed by atoms with Crippen molar-refractivity contribution < 1.29 is 10.0 Å². The summed E-state index contributed by atoms with van der Waals surface area (Å²) in [5.74, 6) is -0.176. The molecule has 3 rings (SSSR count). The third-order valence-corrected chi connectivity index (χ3v) is 3.74. The van der Waals surface area contributed by atoms with E-state index in [0.29, 0.717) is 5.56 Å². The lowest BCUT2D eigenvalue weighted by atomic mass is 9.97. The molecule has 21 heavy (non-hydrogen) atoms. The van der Waals surface area contributed by atoms with Crippen LogP contribution in [0.4, 0.5) is 5.69 Å². The highest BCUT2D eigenvalue weighted by atomic mass is 35.5. The summed E-state index contributed by atoms with van der Waals surface area (Å²) < 4.78 is 0. The molecule has 0 radical (unpaired) electrons. The molecule has 104 valence electrons. The molecule has 0 aliphatic rings. The van der Waals surface area contributed by atoms with Crippen LogP contribution in [0.5, 0.6) is 5.75 Å². The van der Waals surface area contributed by atoms with Crippen molar-refractivity contribution in [2.75, 3.05) is 0 Å². The van der Waals surface area contributed by atoms with E-state index in [1.54, 1.807) is 6.07 Å². The van der Waals surface area contributed by atoms with Crippen LogP contribution in [0.1, 0.15) is 0 Å².